The van der Waals surface area contributed by atoms with E-state index in [4.69, 9.17) is 11.6 Å². The van der Waals surface area contributed by atoms with Crippen molar-refractivity contribution in [2.45, 2.75) is 25.9 Å². The van der Waals surface area contributed by atoms with Crippen LogP contribution in [0.1, 0.15) is 19.8 Å². The van der Waals surface area contributed by atoms with Crippen molar-refractivity contribution in [2.75, 3.05) is 25.5 Å². The predicted molar refractivity (Wildman–Crippen MR) is 55.1 cm³/mol. The maximum Gasteiger partial charge on any atom is 0.391 e. The van der Waals surface area contributed by atoms with Gasteiger partial charge in [-0.1, -0.05) is 6.92 Å². The zero-order valence-corrected chi connectivity index (χ0v) is 9.61. The fourth-order valence-electron chi connectivity index (χ4n) is 1.93. The molecule has 0 bridgehead atoms. The number of nitrogens with zero attached hydrogens (tertiary/aromatic N) is 1. The maximum atomic E-state index is 12.4. The quantitative estimate of drug-likeness (QED) is 0.689. The molecule has 0 aromatic rings. The topological polar surface area (TPSA) is 3.24 Å². The second-order valence-corrected chi connectivity index (χ2v) is 4.68. The van der Waals surface area contributed by atoms with Crippen molar-refractivity contribution in [1.29, 1.82) is 0 Å². The lowest BCUT2D eigenvalue weighted by Gasteiger charge is -2.33. The van der Waals surface area contributed by atoms with Gasteiger partial charge in [0.2, 0.25) is 0 Å². The molecule has 1 saturated heterocycles. The van der Waals surface area contributed by atoms with E-state index in [0.29, 0.717) is 24.9 Å². The number of alkyl halides is 4. The van der Waals surface area contributed by atoms with Gasteiger partial charge < -0.3 is 4.90 Å². The Hall–Kier alpha value is 0.0400. The Kier molecular flexibility index (Phi) is 4.71. The van der Waals surface area contributed by atoms with Gasteiger partial charge in [-0.3, -0.25) is 0 Å². The van der Waals surface area contributed by atoms with Crippen molar-refractivity contribution in [3.63, 3.8) is 0 Å². The van der Waals surface area contributed by atoms with E-state index >= 15 is 0 Å². The molecule has 1 aliphatic heterocycles. The van der Waals surface area contributed by atoms with E-state index in [9.17, 15) is 13.2 Å². The Balaban J connectivity index is 2.30. The van der Waals surface area contributed by atoms with Crippen LogP contribution < -0.4 is 0 Å². The lowest BCUT2D eigenvalue weighted by molar-refractivity contribution is -0.185. The summed E-state index contributed by atoms with van der Waals surface area (Å²) in [6.07, 6.45) is -3.54. The molecule has 0 aromatic carbocycles. The van der Waals surface area contributed by atoms with Crippen LogP contribution >= 0.6 is 11.6 Å². The molecular formula is C10H17ClF3N. The number of piperidine rings is 1. The SMILES string of the molecule is CC(CCl)CN1CCC(C(F)(F)F)CC1. The van der Waals surface area contributed by atoms with Crippen molar-refractivity contribution in [1.82, 2.24) is 4.90 Å². The molecule has 0 saturated carbocycles. The van der Waals surface area contributed by atoms with Crippen molar-refractivity contribution >= 4 is 11.6 Å². The van der Waals surface area contributed by atoms with Crippen molar-refractivity contribution in [3.8, 4) is 0 Å². The minimum absolute atomic E-state index is 0.235. The monoisotopic (exact) mass is 243 g/mol. The molecular weight excluding hydrogens is 227 g/mol. The van der Waals surface area contributed by atoms with Crippen molar-refractivity contribution < 1.29 is 13.2 Å². The van der Waals surface area contributed by atoms with Crippen LogP contribution in [0.5, 0.6) is 0 Å². The summed E-state index contributed by atoms with van der Waals surface area (Å²) in [6, 6.07) is 0. The van der Waals surface area contributed by atoms with Gasteiger partial charge in [-0.05, 0) is 31.8 Å². The van der Waals surface area contributed by atoms with Crippen molar-refractivity contribution in [2.24, 2.45) is 11.8 Å². The third kappa shape index (κ3) is 4.19. The Labute approximate surface area is 93.6 Å². The summed E-state index contributed by atoms with van der Waals surface area (Å²) in [5, 5.41) is 0. The second kappa shape index (κ2) is 5.39. The summed E-state index contributed by atoms with van der Waals surface area (Å²) < 4.78 is 37.1. The van der Waals surface area contributed by atoms with Crippen LogP contribution in [-0.4, -0.2) is 36.6 Å². The Bertz CT molecular complexity index is 188. The molecule has 0 aromatic heterocycles. The van der Waals surface area contributed by atoms with Crippen LogP contribution in [0.4, 0.5) is 13.2 Å². The lowest BCUT2D eigenvalue weighted by atomic mass is 9.96. The zero-order valence-electron chi connectivity index (χ0n) is 8.86. The first-order chi connectivity index (χ1) is 6.93. The molecule has 90 valence electrons. The smallest absolute Gasteiger partial charge is 0.303 e. The number of hydrogen-bond donors (Lipinski definition) is 0. The van der Waals surface area contributed by atoms with Gasteiger partial charge in [0.05, 0.1) is 5.92 Å². The molecule has 0 amide bonds. The molecule has 0 N–H and O–H groups in total. The number of hydrogen-bond acceptors (Lipinski definition) is 1. The lowest BCUT2D eigenvalue weighted by Crippen LogP contribution is -2.40. The highest BCUT2D eigenvalue weighted by Gasteiger charge is 2.40. The average molecular weight is 244 g/mol. The van der Waals surface area contributed by atoms with Crippen LogP contribution in [0.15, 0.2) is 0 Å². The predicted octanol–water partition coefficient (Wildman–Crippen LogP) is 3.14. The maximum absolute atomic E-state index is 12.4. The first kappa shape index (κ1) is 13.1. The summed E-state index contributed by atoms with van der Waals surface area (Å²) in [6.45, 7) is 3.92. The zero-order chi connectivity index (χ0) is 11.5. The minimum Gasteiger partial charge on any atom is -0.303 e. The third-order valence-corrected chi connectivity index (χ3v) is 3.41. The molecule has 1 unspecified atom stereocenters. The van der Waals surface area contributed by atoms with E-state index in [0.717, 1.165) is 6.54 Å². The van der Waals surface area contributed by atoms with Crippen LogP contribution in [0, 0.1) is 11.8 Å². The molecule has 5 heteroatoms. The largest absolute Gasteiger partial charge is 0.391 e. The Morgan fingerprint density at radius 1 is 1.33 bits per heavy atom. The molecule has 1 heterocycles. The first-order valence-electron chi connectivity index (χ1n) is 5.28. The fourth-order valence-corrected chi connectivity index (χ4v) is 2.03. The Morgan fingerprint density at radius 3 is 2.27 bits per heavy atom. The van der Waals surface area contributed by atoms with E-state index in [2.05, 4.69) is 4.90 Å². The van der Waals surface area contributed by atoms with Gasteiger partial charge in [-0.2, -0.15) is 13.2 Å². The molecule has 1 fully saturated rings. The molecule has 0 radical (unpaired) electrons. The molecule has 0 aliphatic carbocycles. The highest BCUT2D eigenvalue weighted by Crippen LogP contribution is 2.34. The van der Waals surface area contributed by atoms with E-state index < -0.39 is 12.1 Å². The van der Waals surface area contributed by atoms with Crippen LogP contribution in [0.3, 0.4) is 0 Å². The summed E-state index contributed by atoms with van der Waals surface area (Å²) in [4.78, 5) is 2.08. The van der Waals surface area contributed by atoms with Gasteiger partial charge >= 0.3 is 6.18 Å². The average Bonchev–Trinajstić information content (AvgIpc) is 2.17. The normalized spacial score (nSPS) is 23.0. The standard InChI is InChI=1S/C10H17ClF3N/c1-8(6-11)7-15-4-2-9(3-5-15)10(12,13)14/h8-9H,2-7H2,1H3. The number of rotatable bonds is 3. The number of halogens is 4. The summed E-state index contributed by atoms with van der Waals surface area (Å²) in [7, 11) is 0. The second-order valence-electron chi connectivity index (χ2n) is 4.38. The van der Waals surface area contributed by atoms with E-state index in [-0.39, 0.29) is 12.8 Å². The summed E-state index contributed by atoms with van der Waals surface area (Å²) >= 11 is 5.67. The minimum atomic E-state index is -4.01. The highest BCUT2D eigenvalue weighted by atomic mass is 35.5. The molecule has 1 atom stereocenters. The van der Waals surface area contributed by atoms with Gasteiger partial charge in [0.1, 0.15) is 0 Å². The van der Waals surface area contributed by atoms with Crippen LogP contribution in [0.25, 0.3) is 0 Å². The first-order valence-corrected chi connectivity index (χ1v) is 5.82. The molecule has 1 nitrogen and oxygen atoms in total. The fraction of sp³-hybridized carbons (Fsp3) is 1.00. The van der Waals surface area contributed by atoms with E-state index in [1.165, 1.54) is 0 Å². The molecule has 15 heavy (non-hydrogen) atoms. The third-order valence-electron chi connectivity index (χ3n) is 2.88. The van der Waals surface area contributed by atoms with E-state index in [1.807, 2.05) is 6.92 Å². The molecule has 0 spiro atoms. The summed E-state index contributed by atoms with van der Waals surface area (Å²) in [5.41, 5.74) is 0. The van der Waals surface area contributed by atoms with Crippen LogP contribution in [-0.2, 0) is 0 Å². The van der Waals surface area contributed by atoms with Gasteiger partial charge in [0.15, 0.2) is 0 Å². The highest BCUT2D eigenvalue weighted by molar-refractivity contribution is 6.18. The molecule has 1 aliphatic rings. The van der Waals surface area contributed by atoms with Gasteiger partial charge in [0.25, 0.3) is 0 Å². The van der Waals surface area contributed by atoms with Gasteiger partial charge in [-0.15, -0.1) is 11.6 Å². The Morgan fingerprint density at radius 2 is 1.87 bits per heavy atom. The van der Waals surface area contributed by atoms with E-state index in [1.54, 1.807) is 0 Å². The summed E-state index contributed by atoms with van der Waals surface area (Å²) in [5.74, 6) is -0.173. The van der Waals surface area contributed by atoms with Gasteiger partial charge in [0, 0.05) is 12.4 Å². The van der Waals surface area contributed by atoms with Gasteiger partial charge in [-0.25, -0.2) is 0 Å². The number of likely N-dealkylation sites (tertiary alicyclic amines) is 1. The van der Waals surface area contributed by atoms with Crippen molar-refractivity contribution in [3.05, 3.63) is 0 Å². The molecule has 1 rings (SSSR count). The van der Waals surface area contributed by atoms with Crippen LogP contribution in [0.2, 0.25) is 0 Å².